The molecule has 2 nitrogen and oxygen atoms in total. The van der Waals surface area contributed by atoms with Crippen LogP contribution in [0.5, 0.6) is 0 Å². The molecule has 0 aliphatic heterocycles. The van der Waals surface area contributed by atoms with E-state index >= 15 is 0 Å². The van der Waals surface area contributed by atoms with E-state index in [1.54, 1.807) is 13.2 Å². The fourth-order valence-electron chi connectivity index (χ4n) is 2.10. The van der Waals surface area contributed by atoms with Crippen molar-refractivity contribution in [2.75, 3.05) is 13.7 Å². The minimum absolute atomic E-state index is 0.0606. The first-order valence-corrected chi connectivity index (χ1v) is 7.05. The summed E-state index contributed by atoms with van der Waals surface area (Å²) in [6, 6.07) is 3.68. The zero-order valence-electron chi connectivity index (χ0n) is 11.9. The van der Waals surface area contributed by atoms with Gasteiger partial charge in [-0.15, -0.1) is 0 Å². The van der Waals surface area contributed by atoms with Crippen LogP contribution in [0.2, 0.25) is 5.02 Å². The Kier molecular flexibility index (Phi) is 6.76. The maximum Gasteiger partial charge on any atom is 0.145 e. The van der Waals surface area contributed by atoms with Crippen LogP contribution in [0, 0.1) is 5.82 Å². The van der Waals surface area contributed by atoms with Crippen LogP contribution in [0.1, 0.15) is 43.7 Å². The smallest absolute Gasteiger partial charge is 0.145 e. The summed E-state index contributed by atoms with van der Waals surface area (Å²) < 4.78 is 18.8. The van der Waals surface area contributed by atoms with Crippen molar-refractivity contribution in [3.8, 4) is 0 Å². The predicted octanol–water partition coefficient (Wildman–Crippen LogP) is 3.90. The van der Waals surface area contributed by atoms with Gasteiger partial charge in [0.05, 0.1) is 11.6 Å². The molecule has 4 heteroatoms. The highest BCUT2D eigenvalue weighted by Crippen LogP contribution is 2.27. The molecule has 0 bridgehead atoms. The highest BCUT2D eigenvalue weighted by atomic mass is 35.5. The monoisotopic (exact) mass is 287 g/mol. The summed E-state index contributed by atoms with van der Waals surface area (Å²) in [5, 5.41) is 0.211. The van der Waals surface area contributed by atoms with Gasteiger partial charge in [0.25, 0.3) is 0 Å². The molecule has 0 fully saturated rings. The van der Waals surface area contributed by atoms with Gasteiger partial charge in [-0.25, -0.2) is 4.39 Å². The lowest BCUT2D eigenvalue weighted by atomic mass is 9.97. The van der Waals surface area contributed by atoms with E-state index in [-0.39, 0.29) is 22.8 Å². The maximum absolute atomic E-state index is 13.8. The topological polar surface area (TPSA) is 35.2 Å². The number of halogens is 2. The second-order valence-corrected chi connectivity index (χ2v) is 5.65. The fraction of sp³-hybridized carbons (Fsp3) is 0.600. The molecular weight excluding hydrogens is 265 g/mol. The molecule has 0 heterocycles. The maximum atomic E-state index is 13.8. The third-order valence-electron chi connectivity index (χ3n) is 3.16. The van der Waals surface area contributed by atoms with Crippen LogP contribution in [0.25, 0.3) is 0 Å². The highest BCUT2D eigenvalue weighted by Gasteiger charge is 2.12. The zero-order chi connectivity index (χ0) is 14.4. The normalized spacial score (nSPS) is 13.0. The molecule has 1 rings (SSSR count). The van der Waals surface area contributed by atoms with Gasteiger partial charge in [-0.1, -0.05) is 31.5 Å². The molecule has 0 amide bonds. The minimum Gasteiger partial charge on any atom is -0.383 e. The van der Waals surface area contributed by atoms with Crippen molar-refractivity contribution < 1.29 is 9.13 Å². The first-order chi connectivity index (χ1) is 8.95. The predicted molar refractivity (Wildman–Crippen MR) is 78.3 cm³/mol. The van der Waals surface area contributed by atoms with Gasteiger partial charge in [0.2, 0.25) is 0 Å². The van der Waals surface area contributed by atoms with Crippen LogP contribution >= 0.6 is 11.6 Å². The highest BCUT2D eigenvalue weighted by molar-refractivity contribution is 6.30. The van der Waals surface area contributed by atoms with Gasteiger partial charge < -0.3 is 10.5 Å². The van der Waals surface area contributed by atoms with Gasteiger partial charge in [0.15, 0.2) is 0 Å². The molecule has 0 aliphatic carbocycles. The van der Waals surface area contributed by atoms with Crippen molar-refractivity contribution in [3.05, 3.63) is 34.1 Å². The summed E-state index contributed by atoms with van der Waals surface area (Å²) in [6.07, 6.45) is 2.70. The number of nitrogens with two attached hydrogens (primary N) is 1. The van der Waals surface area contributed by atoms with Crippen molar-refractivity contribution in [2.45, 2.75) is 45.1 Å². The molecule has 0 radical (unpaired) electrons. The molecule has 0 unspecified atom stereocenters. The number of ether oxygens (including phenoxy) is 1. The van der Waals surface area contributed by atoms with Gasteiger partial charge in [-0.3, -0.25) is 0 Å². The van der Waals surface area contributed by atoms with Gasteiger partial charge in [0, 0.05) is 13.2 Å². The first kappa shape index (κ1) is 16.4. The number of aryl methyl sites for hydroxylation is 1. The van der Waals surface area contributed by atoms with Crippen LogP contribution in [-0.2, 0) is 11.2 Å². The van der Waals surface area contributed by atoms with E-state index in [2.05, 4.69) is 0 Å². The number of benzene rings is 1. The first-order valence-electron chi connectivity index (χ1n) is 6.68. The molecule has 0 aromatic heterocycles. The van der Waals surface area contributed by atoms with Crippen LogP contribution < -0.4 is 5.73 Å². The van der Waals surface area contributed by atoms with Crippen LogP contribution in [-0.4, -0.2) is 19.8 Å². The molecule has 19 heavy (non-hydrogen) atoms. The van der Waals surface area contributed by atoms with E-state index in [1.165, 1.54) is 0 Å². The molecule has 2 N–H and O–H groups in total. The Labute approximate surface area is 120 Å². The summed E-state index contributed by atoms with van der Waals surface area (Å²) in [4.78, 5) is 0. The number of methoxy groups -OCH3 is 1. The Hall–Kier alpha value is -0.640. The Balaban J connectivity index is 2.64. The summed E-state index contributed by atoms with van der Waals surface area (Å²) in [6.45, 7) is 4.50. The minimum atomic E-state index is -0.295. The molecule has 1 aromatic rings. The molecule has 0 saturated carbocycles. The van der Waals surface area contributed by atoms with E-state index in [9.17, 15) is 4.39 Å². The molecule has 1 aromatic carbocycles. The van der Waals surface area contributed by atoms with Gasteiger partial charge in [-0.05, 0) is 42.4 Å². The van der Waals surface area contributed by atoms with Crippen molar-refractivity contribution in [2.24, 2.45) is 5.73 Å². The van der Waals surface area contributed by atoms with E-state index in [4.69, 9.17) is 22.1 Å². The van der Waals surface area contributed by atoms with E-state index < -0.39 is 0 Å². The van der Waals surface area contributed by atoms with E-state index in [0.29, 0.717) is 12.2 Å². The summed E-state index contributed by atoms with van der Waals surface area (Å²) in [5.41, 5.74) is 7.62. The van der Waals surface area contributed by atoms with Crippen LogP contribution in [0.3, 0.4) is 0 Å². The Bertz CT molecular complexity index is 409. The SMILES string of the molecule is COC[C@H](N)CCCc1cc(Cl)c(F)c(C(C)C)c1. The third-order valence-corrected chi connectivity index (χ3v) is 3.43. The van der Waals surface area contributed by atoms with Gasteiger partial charge >= 0.3 is 0 Å². The number of rotatable bonds is 7. The number of hydrogen-bond acceptors (Lipinski definition) is 2. The Morgan fingerprint density at radius 1 is 1.37 bits per heavy atom. The van der Waals surface area contributed by atoms with Gasteiger partial charge in [-0.2, -0.15) is 0 Å². The van der Waals surface area contributed by atoms with Crippen molar-refractivity contribution in [3.63, 3.8) is 0 Å². The Morgan fingerprint density at radius 2 is 2.05 bits per heavy atom. The average Bonchev–Trinajstić information content (AvgIpc) is 2.33. The van der Waals surface area contributed by atoms with E-state index in [1.807, 2.05) is 19.9 Å². The fourth-order valence-corrected chi connectivity index (χ4v) is 2.35. The van der Waals surface area contributed by atoms with Gasteiger partial charge in [0.1, 0.15) is 5.82 Å². The van der Waals surface area contributed by atoms with E-state index in [0.717, 1.165) is 24.8 Å². The lowest BCUT2D eigenvalue weighted by Crippen LogP contribution is -2.25. The zero-order valence-corrected chi connectivity index (χ0v) is 12.6. The second kappa shape index (κ2) is 7.83. The Morgan fingerprint density at radius 3 is 2.63 bits per heavy atom. The molecule has 1 atom stereocenters. The molecule has 0 saturated heterocycles. The molecule has 108 valence electrons. The average molecular weight is 288 g/mol. The van der Waals surface area contributed by atoms with Crippen molar-refractivity contribution in [1.29, 1.82) is 0 Å². The van der Waals surface area contributed by atoms with Crippen LogP contribution in [0.4, 0.5) is 4.39 Å². The van der Waals surface area contributed by atoms with Crippen molar-refractivity contribution in [1.82, 2.24) is 0 Å². The van der Waals surface area contributed by atoms with Crippen molar-refractivity contribution >= 4 is 11.6 Å². The lowest BCUT2D eigenvalue weighted by Gasteiger charge is -2.13. The third kappa shape index (κ3) is 5.09. The largest absolute Gasteiger partial charge is 0.383 e. The molecule has 0 aliphatic rings. The lowest BCUT2D eigenvalue weighted by molar-refractivity contribution is 0.176. The summed E-state index contributed by atoms with van der Waals surface area (Å²) >= 11 is 5.93. The summed E-state index contributed by atoms with van der Waals surface area (Å²) in [7, 11) is 1.65. The quantitative estimate of drug-likeness (QED) is 0.825. The molecule has 0 spiro atoms. The standard InChI is InChI=1S/C15H23ClFNO/c1-10(2)13-7-11(8-14(16)15(13)17)5-4-6-12(18)9-19-3/h7-8,10,12H,4-6,9,18H2,1-3H3/t12-/m1/s1. The molecular formula is C15H23ClFNO. The van der Waals surface area contributed by atoms with Crippen LogP contribution in [0.15, 0.2) is 12.1 Å². The number of hydrogen-bond donors (Lipinski definition) is 1. The summed E-state index contributed by atoms with van der Waals surface area (Å²) in [5.74, 6) is -0.162. The second-order valence-electron chi connectivity index (χ2n) is 5.24.